The molecule has 2 aromatic carbocycles. The van der Waals surface area contributed by atoms with E-state index in [0.29, 0.717) is 15.0 Å². The van der Waals surface area contributed by atoms with E-state index in [-0.39, 0.29) is 11.9 Å². The van der Waals surface area contributed by atoms with Crippen LogP contribution in [-0.2, 0) is 4.79 Å². The summed E-state index contributed by atoms with van der Waals surface area (Å²) in [5, 5.41) is 1.86. The number of nitrogens with zero attached hydrogens (tertiary/aromatic N) is 2. The van der Waals surface area contributed by atoms with Crippen LogP contribution in [0.25, 0.3) is 6.08 Å². The van der Waals surface area contributed by atoms with E-state index in [0.717, 1.165) is 42.1 Å². The summed E-state index contributed by atoms with van der Waals surface area (Å²) in [6, 6.07) is 13.6. The topological polar surface area (TPSA) is 32.7 Å². The van der Waals surface area contributed by atoms with Gasteiger partial charge in [-0.05, 0) is 67.4 Å². The van der Waals surface area contributed by atoms with E-state index >= 15 is 0 Å². The predicted molar refractivity (Wildman–Crippen MR) is 124 cm³/mol. The number of rotatable bonds is 3. The molecule has 1 amide bonds. The zero-order valence-electron chi connectivity index (χ0n) is 16.2. The number of carbonyl (C=O) groups excluding carboxylic acids is 1. The number of hydrogen-bond donors (Lipinski definition) is 0. The van der Waals surface area contributed by atoms with E-state index in [1.165, 1.54) is 23.7 Å². The molecule has 1 saturated heterocycles. The van der Waals surface area contributed by atoms with Crippen molar-refractivity contribution < 1.29 is 4.79 Å². The number of thioether (sulfide) groups is 1. The Hall–Kier alpha value is -1.75. The monoisotopic (exact) mass is 444 g/mol. The average Bonchev–Trinajstić information content (AvgIpc) is 3.01. The van der Waals surface area contributed by atoms with Gasteiger partial charge in [-0.2, -0.15) is 0 Å². The van der Waals surface area contributed by atoms with Crippen molar-refractivity contribution in [1.29, 1.82) is 0 Å². The third-order valence-corrected chi connectivity index (χ3v) is 6.83. The highest BCUT2D eigenvalue weighted by molar-refractivity contribution is 8.18. The van der Waals surface area contributed by atoms with Crippen molar-refractivity contribution in [3.8, 4) is 0 Å². The van der Waals surface area contributed by atoms with Gasteiger partial charge in [-0.1, -0.05) is 66.2 Å². The van der Waals surface area contributed by atoms with Crippen LogP contribution in [0, 0.1) is 6.92 Å². The Kier molecular flexibility index (Phi) is 6.33. The van der Waals surface area contributed by atoms with E-state index < -0.39 is 0 Å². The molecule has 4 rings (SSSR count). The molecular formula is C23H22Cl2N2OS. The number of aryl methyl sites for hydroxylation is 1. The fraction of sp³-hybridized carbons (Fsp3) is 0.304. The molecule has 0 spiro atoms. The van der Waals surface area contributed by atoms with Crippen molar-refractivity contribution in [1.82, 2.24) is 4.90 Å². The maximum Gasteiger partial charge on any atom is 0.267 e. The molecule has 0 atom stereocenters. The Labute approximate surface area is 185 Å². The Morgan fingerprint density at radius 2 is 1.79 bits per heavy atom. The van der Waals surface area contributed by atoms with Crippen LogP contribution in [0.4, 0.5) is 5.69 Å². The molecule has 29 heavy (non-hydrogen) atoms. The van der Waals surface area contributed by atoms with Crippen LogP contribution >= 0.6 is 35.0 Å². The van der Waals surface area contributed by atoms with E-state index in [1.54, 1.807) is 12.1 Å². The lowest BCUT2D eigenvalue weighted by atomic mass is 9.94. The second-order valence-corrected chi connectivity index (χ2v) is 9.33. The van der Waals surface area contributed by atoms with Crippen molar-refractivity contribution in [3.05, 3.63) is 68.5 Å². The Bertz CT molecular complexity index is 979. The van der Waals surface area contributed by atoms with Gasteiger partial charge in [0.25, 0.3) is 5.91 Å². The minimum absolute atomic E-state index is 0.0128. The van der Waals surface area contributed by atoms with Gasteiger partial charge < -0.3 is 0 Å². The summed E-state index contributed by atoms with van der Waals surface area (Å²) in [5.41, 5.74) is 2.83. The van der Waals surface area contributed by atoms with Crippen LogP contribution in [0.3, 0.4) is 0 Å². The third kappa shape index (κ3) is 4.71. The average molecular weight is 445 g/mol. The van der Waals surface area contributed by atoms with Crippen LogP contribution in [-0.4, -0.2) is 22.0 Å². The van der Waals surface area contributed by atoms with E-state index in [1.807, 2.05) is 41.3 Å². The SMILES string of the molecule is Cc1ccc(N=C2S/C(=C/c3ccc(Cl)cc3Cl)C(=O)N2C2CCCCC2)cc1. The van der Waals surface area contributed by atoms with Gasteiger partial charge in [-0.15, -0.1) is 0 Å². The highest BCUT2D eigenvalue weighted by Gasteiger charge is 2.38. The van der Waals surface area contributed by atoms with Crippen LogP contribution in [0.1, 0.15) is 43.2 Å². The summed E-state index contributed by atoms with van der Waals surface area (Å²) in [5.74, 6) is 0.0128. The number of carbonyl (C=O) groups is 1. The van der Waals surface area contributed by atoms with E-state index in [9.17, 15) is 4.79 Å². The number of halogens is 2. The minimum Gasteiger partial charge on any atom is -0.283 e. The fourth-order valence-electron chi connectivity index (χ4n) is 3.72. The molecule has 1 heterocycles. The van der Waals surface area contributed by atoms with E-state index in [4.69, 9.17) is 28.2 Å². The lowest BCUT2D eigenvalue weighted by Gasteiger charge is -2.30. The highest BCUT2D eigenvalue weighted by Crippen LogP contribution is 2.39. The van der Waals surface area contributed by atoms with Crippen molar-refractivity contribution in [2.24, 2.45) is 4.99 Å². The lowest BCUT2D eigenvalue weighted by Crippen LogP contribution is -2.40. The molecule has 1 aliphatic carbocycles. The molecule has 6 heteroatoms. The molecule has 0 N–H and O–H groups in total. The third-order valence-electron chi connectivity index (χ3n) is 5.28. The number of aliphatic imine (C=N–C) groups is 1. The first kappa shape index (κ1) is 20.5. The lowest BCUT2D eigenvalue weighted by molar-refractivity contribution is -0.124. The summed E-state index contributed by atoms with van der Waals surface area (Å²) in [4.78, 5) is 20.7. The smallest absolute Gasteiger partial charge is 0.267 e. The van der Waals surface area contributed by atoms with E-state index in [2.05, 4.69) is 6.92 Å². The van der Waals surface area contributed by atoms with Crippen LogP contribution in [0.15, 0.2) is 52.4 Å². The zero-order valence-corrected chi connectivity index (χ0v) is 18.5. The summed E-state index contributed by atoms with van der Waals surface area (Å²) in [6.45, 7) is 2.05. The van der Waals surface area contributed by atoms with Crippen molar-refractivity contribution in [3.63, 3.8) is 0 Å². The van der Waals surface area contributed by atoms with Crippen LogP contribution < -0.4 is 0 Å². The minimum atomic E-state index is 0.0128. The Balaban J connectivity index is 1.71. The molecular weight excluding hydrogens is 423 g/mol. The van der Waals surface area contributed by atoms with Gasteiger partial charge in [-0.25, -0.2) is 4.99 Å². The first-order chi connectivity index (χ1) is 14.0. The van der Waals surface area contributed by atoms with Gasteiger partial charge >= 0.3 is 0 Å². The molecule has 2 fully saturated rings. The van der Waals surface area contributed by atoms with Gasteiger partial charge in [-0.3, -0.25) is 9.69 Å². The van der Waals surface area contributed by atoms with Gasteiger partial charge in [0.15, 0.2) is 5.17 Å². The normalized spacial score (nSPS) is 20.8. The second-order valence-electron chi connectivity index (χ2n) is 7.47. The first-order valence-electron chi connectivity index (χ1n) is 9.85. The molecule has 2 aliphatic rings. The maximum absolute atomic E-state index is 13.3. The molecule has 0 radical (unpaired) electrons. The summed E-state index contributed by atoms with van der Waals surface area (Å²) in [7, 11) is 0. The van der Waals surface area contributed by atoms with Crippen molar-refractivity contribution in [2.75, 3.05) is 0 Å². The molecule has 1 saturated carbocycles. The molecule has 150 valence electrons. The first-order valence-corrected chi connectivity index (χ1v) is 11.4. The van der Waals surface area contributed by atoms with Gasteiger partial charge in [0, 0.05) is 16.1 Å². The highest BCUT2D eigenvalue weighted by atomic mass is 35.5. The largest absolute Gasteiger partial charge is 0.283 e. The summed E-state index contributed by atoms with van der Waals surface area (Å²) < 4.78 is 0. The fourth-order valence-corrected chi connectivity index (χ4v) is 5.23. The second kappa shape index (κ2) is 8.95. The van der Waals surface area contributed by atoms with Crippen LogP contribution in [0.5, 0.6) is 0 Å². The summed E-state index contributed by atoms with van der Waals surface area (Å²) >= 11 is 13.8. The maximum atomic E-state index is 13.3. The van der Waals surface area contributed by atoms with Crippen molar-refractivity contribution >= 4 is 57.8 Å². The molecule has 1 aliphatic heterocycles. The van der Waals surface area contributed by atoms with Gasteiger partial charge in [0.1, 0.15) is 0 Å². The number of hydrogen-bond acceptors (Lipinski definition) is 3. The standard InChI is InChI=1S/C23H22Cl2N2OS/c1-15-7-11-18(12-8-15)26-23-27(19-5-3-2-4-6-19)22(28)21(29-23)13-16-9-10-17(24)14-20(16)25/h7-14,19H,2-6H2,1H3/b21-13+,26-23?. The number of amidine groups is 1. The number of benzene rings is 2. The molecule has 3 nitrogen and oxygen atoms in total. The Morgan fingerprint density at radius 1 is 1.07 bits per heavy atom. The molecule has 0 unspecified atom stereocenters. The quantitative estimate of drug-likeness (QED) is 0.467. The van der Waals surface area contributed by atoms with Crippen molar-refractivity contribution in [2.45, 2.75) is 45.1 Å². The van der Waals surface area contributed by atoms with Gasteiger partial charge in [0.05, 0.1) is 10.6 Å². The predicted octanol–water partition coefficient (Wildman–Crippen LogP) is 7.24. The number of amides is 1. The van der Waals surface area contributed by atoms with Gasteiger partial charge in [0.2, 0.25) is 0 Å². The summed E-state index contributed by atoms with van der Waals surface area (Å²) in [6.07, 6.45) is 7.43. The molecule has 2 aromatic rings. The van der Waals surface area contributed by atoms with Crippen LogP contribution in [0.2, 0.25) is 10.0 Å². The Morgan fingerprint density at radius 3 is 2.48 bits per heavy atom. The zero-order chi connectivity index (χ0) is 20.4. The molecule has 0 bridgehead atoms. The molecule has 0 aromatic heterocycles.